The van der Waals surface area contributed by atoms with Gasteiger partial charge < -0.3 is 4.98 Å². The molecule has 0 atom stereocenters. The van der Waals surface area contributed by atoms with Crippen LogP contribution in [0.5, 0.6) is 0 Å². The van der Waals surface area contributed by atoms with Crippen LogP contribution in [-0.4, -0.2) is 9.97 Å². The molecule has 0 aliphatic heterocycles. The van der Waals surface area contributed by atoms with Crippen LogP contribution in [0.4, 0.5) is 0 Å². The Kier molecular flexibility index (Phi) is 2.15. The highest BCUT2D eigenvalue weighted by Gasteiger charge is 2.15. The average molecular weight is 163 g/mol. The van der Waals surface area contributed by atoms with E-state index >= 15 is 0 Å². The summed E-state index contributed by atoms with van der Waals surface area (Å²) in [6.07, 6.45) is 9.80. The van der Waals surface area contributed by atoms with E-state index in [-0.39, 0.29) is 0 Å². The fourth-order valence-corrected chi connectivity index (χ4v) is 2.03. The minimum atomic E-state index is 0.890. The molecule has 1 radical (unpaired) electrons. The van der Waals surface area contributed by atoms with Crippen LogP contribution < -0.4 is 0 Å². The number of nitrogens with zero attached hydrogens (tertiary/aromatic N) is 1. The van der Waals surface area contributed by atoms with Crippen molar-refractivity contribution in [1.29, 1.82) is 0 Å². The van der Waals surface area contributed by atoms with Crippen molar-refractivity contribution in [2.45, 2.75) is 39.0 Å². The third kappa shape index (κ3) is 1.68. The largest absolute Gasteiger partial charge is 0.346 e. The van der Waals surface area contributed by atoms with Crippen LogP contribution in [0.15, 0.2) is 0 Å². The third-order valence-corrected chi connectivity index (χ3v) is 2.66. The average Bonchev–Trinajstić information content (AvgIpc) is 2.63. The number of H-pyrrole nitrogens is 1. The first-order valence-electron chi connectivity index (χ1n) is 4.78. The van der Waals surface area contributed by atoms with Gasteiger partial charge in [0.15, 0.2) is 0 Å². The van der Waals surface area contributed by atoms with E-state index < -0.39 is 0 Å². The number of hydrogen-bond acceptors (Lipinski definition) is 1. The third-order valence-electron chi connectivity index (χ3n) is 2.66. The smallest absolute Gasteiger partial charge is 0.112 e. The maximum absolute atomic E-state index is 4.08. The van der Waals surface area contributed by atoms with Crippen molar-refractivity contribution in [3.8, 4) is 0 Å². The van der Waals surface area contributed by atoms with Crippen LogP contribution in [0.3, 0.4) is 0 Å². The minimum Gasteiger partial charge on any atom is -0.346 e. The highest BCUT2D eigenvalue weighted by molar-refractivity contribution is 4.99. The van der Waals surface area contributed by atoms with Gasteiger partial charge >= 0.3 is 0 Å². The Morgan fingerprint density at radius 1 is 1.50 bits per heavy atom. The van der Waals surface area contributed by atoms with Crippen LogP contribution in [0.25, 0.3) is 0 Å². The van der Waals surface area contributed by atoms with Crippen molar-refractivity contribution < 1.29 is 0 Å². The summed E-state index contributed by atoms with van der Waals surface area (Å²) in [7, 11) is 0. The Balaban J connectivity index is 1.94. The molecule has 0 unspecified atom stereocenters. The fourth-order valence-electron chi connectivity index (χ4n) is 2.03. The normalized spacial score (nSPS) is 18.8. The van der Waals surface area contributed by atoms with E-state index in [4.69, 9.17) is 0 Å². The summed E-state index contributed by atoms with van der Waals surface area (Å²) in [4.78, 5) is 7.31. The van der Waals surface area contributed by atoms with Gasteiger partial charge in [-0.1, -0.05) is 25.7 Å². The maximum Gasteiger partial charge on any atom is 0.112 e. The lowest BCUT2D eigenvalue weighted by Gasteiger charge is -2.04. The topological polar surface area (TPSA) is 28.7 Å². The molecule has 0 bridgehead atoms. The number of imidazole rings is 1. The van der Waals surface area contributed by atoms with Gasteiger partial charge in [-0.2, -0.15) is 0 Å². The monoisotopic (exact) mass is 163 g/mol. The quantitative estimate of drug-likeness (QED) is 0.711. The zero-order valence-corrected chi connectivity index (χ0v) is 7.56. The van der Waals surface area contributed by atoms with Crippen molar-refractivity contribution in [3.05, 3.63) is 17.7 Å². The maximum atomic E-state index is 4.08. The predicted octanol–water partition coefficient (Wildman–Crippen LogP) is 2.25. The SMILES string of the molecule is Cc1n[c]c(CC2CCCC2)[nH]1. The second-order valence-electron chi connectivity index (χ2n) is 3.77. The molecule has 2 rings (SSSR count). The number of hydrogen-bond donors (Lipinski definition) is 1. The van der Waals surface area contributed by atoms with Gasteiger partial charge in [0.25, 0.3) is 0 Å². The van der Waals surface area contributed by atoms with Crippen LogP contribution in [-0.2, 0) is 6.42 Å². The highest BCUT2D eigenvalue weighted by Crippen LogP contribution is 2.27. The van der Waals surface area contributed by atoms with Gasteiger partial charge in [0.2, 0.25) is 0 Å². The number of nitrogens with one attached hydrogen (secondary N) is 1. The molecular weight excluding hydrogens is 148 g/mol. The molecule has 1 saturated carbocycles. The van der Waals surface area contributed by atoms with E-state index in [0.29, 0.717) is 0 Å². The molecule has 1 heterocycles. The molecule has 12 heavy (non-hydrogen) atoms. The van der Waals surface area contributed by atoms with E-state index in [2.05, 4.69) is 16.2 Å². The predicted molar refractivity (Wildman–Crippen MR) is 47.8 cm³/mol. The van der Waals surface area contributed by atoms with Gasteiger partial charge in [0.05, 0.1) is 0 Å². The Morgan fingerprint density at radius 3 is 2.83 bits per heavy atom. The number of aromatic nitrogens is 2. The summed E-state index contributed by atoms with van der Waals surface area (Å²) in [5, 5.41) is 0. The number of aryl methyl sites for hydroxylation is 1. The molecule has 1 N–H and O–H groups in total. The summed E-state index contributed by atoms with van der Waals surface area (Å²) >= 11 is 0. The van der Waals surface area contributed by atoms with Gasteiger partial charge in [-0.25, -0.2) is 4.98 Å². The Hall–Kier alpha value is -0.790. The van der Waals surface area contributed by atoms with E-state index in [1.807, 2.05) is 6.92 Å². The highest BCUT2D eigenvalue weighted by atomic mass is 14.9. The molecule has 65 valence electrons. The molecule has 1 aromatic heterocycles. The van der Waals surface area contributed by atoms with Crippen molar-refractivity contribution in [3.63, 3.8) is 0 Å². The molecule has 2 heteroatoms. The van der Waals surface area contributed by atoms with Crippen LogP contribution in [0, 0.1) is 19.0 Å². The summed E-state index contributed by atoms with van der Waals surface area (Å²) in [5.74, 6) is 1.88. The lowest BCUT2D eigenvalue weighted by molar-refractivity contribution is 0.540. The molecule has 0 spiro atoms. The molecule has 2 nitrogen and oxygen atoms in total. The first-order valence-corrected chi connectivity index (χ1v) is 4.78. The summed E-state index contributed by atoms with van der Waals surface area (Å²) in [5.41, 5.74) is 1.19. The molecule has 1 fully saturated rings. The molecule has 1 aliphatic rings. The van der Waals surface area contributed by atoms with Crippen molar-refractivity contribution in [2.75, 3.05) is 0 Å². The Bertz CT molecular complexity index is 246. The molecule has 0 aromatic carbocycles. The van der Waals surface area contributed by atoms with E-state index in [9.17, 15) is 0 Å². The summed E-state index contributed by atoms with van der Waals surface area (Å²) in [6, 6.07) is 0. The van der Waals surface area contributed by atoms with Crippen LogP contribution in [0.1, 0.15) is 37.2 Å². The Morgan fingerprint density at radius 2 is 2.25 bits per heavy atom. The van der Waals surface area contributed by atoms with E-state index in [0.717, 1.165) is 18.2 Å². The minimum absolute atomic E-state index is 0.890. The Labute approximate surface area is 73.4 Å². The van der Waals surface area contributed by atoms with Crippen molar-refractivity contribution in [1.82, 2.24) is 9.97 Å². The zero-order chi connectivity index (χ0) is 8.39. The van der Waals surface area contributed by atoms with Gasteiger partial charge in [-0.15, -0.1) is 0 Å². The second kappa shape index (κ2) is 3.30. The van der Waals surface area contributed by atoms with E-state index in [1.54, 1.807) is 0 Å². The van der Waals surface area contributed by atoms with E-state index in [1.165, 1.54) is 31.4 Å². The van der Waals surface area contributed by atoms with Gasteiger partial charge in [0.1, 0.15) is 12.0 Å². The lowest BCUT2D eigenvalue weighted by atomic mass is 10.0. The van der Waals surface area contributed by atoms with Crippen molar-refractivity contribution in [2.24, 2.45) is 5.92 Å². The van der Waals surface area contributed by atoms with Crippen LogP contribution in [0.2, 0.25) is 0 Å². The standard InChI is InChI=1S/C10H15N2/c1-8-11-7-10(12-8)6-9-4-2-3-5-9/h9H,2-6H2,1H3,(H,11,12). The molecule has 1 aliphatic carbocycles. The van der Waals surface area contributed by atoms with Crippen LogP contribution >= 0.6 is 0 Å². The van der Waals surface area contributed by atoms with Gasteiger partial charge in [-0.3, -0.25) is 0 Å². The molecule has 1 aromatic rings. The number of rotatable bonds is 2. The molecular formula is C10H15N2. The second-order valence-corrected chi connectivity index (χ2v) is 3.77. The zero-order valence-electron chi connectivity index (χ0n) is 7.56. The molecule has 0 saturated heterocycles. The summed E-state index contributed by atoms with van der Waals surface area (Å²) in [6.45, 7) is 1.98. The van der Waals surface area contributed by atoms with Gasteiger partial charge in [0, 0.05) is 5.69 Å². The first kappa shape index (κ1) is 7.84. The summed E-state index contributed by atoms with van der Waals surface area (Å²) < 4.78 is 0. The molecule has 0 amide bonds. The van der Waals surface area contributed by atoms with Crippen molar-refractivity contribution >= 4 is 0 Å². The first-order chi connectivity index (χ1) is 5.84. The van der Waals surface area contributed by atoms with Gasteiger partial charge in [-0.05, 0) is 19.3 Å². The fraction of sp³-hybridized carbons (Fsp3) is 0.700. The lowest BCUT2D eigenvalue weighted by Crippen LogP contribution is -1.98. The number of aromatic amines is 1.